The number of rotatable bonds is 6. The number of benzene rings is 1. The molecule has 2 rings (SSSR count). The molecule has 120 valence electrons. The predicted octanol–water partition coefficient (Wildman–Crippen LogP) is 0.776. The van der Waals surface area contributed by atoms with Crippen molar-refractivity contribution < 1.29 is 28.9 Å². The second kappa shape index (κ2) is 7.65. The number of morpholine rings is 1. The summed E-state index contributed by atoms with van der Waals surface area (Å²) >= 11 is 0. The fourth-order valence-electron chi connectivity index (χ4n) is 2.17. The molecule has 0 aliphatic carbocycles. The molecule has 1 unspecified atom stereocenters. The Morgan fingerprint density at radius 3 is 2.64 bits per heavy atom. The number of carbonyl (C=O) groups excluding carboxylic acids is 1. The first kappa shape index (κ1) is 16.1. The van der Waals surface area contributed by atoms with Crippen LogP contribution in [0.15, 0.2) is 24.3 Å². The molecule has 1 N–H and O–H groups in total. The molecular weight excluding hydrogens is 290 g/mol. The fraction of sp³-hybridized carbons (Fsp3) is 0.467. The molecule has 7 nitrogen and oxygen atoms in total. The number of carbonyl (C=O) groups is 2. The van der Waals surface area contributed by atoms with Crippen molar-refractivity contribution in [2.75, 3.05) is 33.0 Å². The van der Waals surface area contributed by atoms with E-state index in [-0.39, 0.29) is 25.7 Å². The lowest BCUT2D eigenvalue weighted by Gasteiger charge is -2.32. The molecule has 0 bridgehead atoms. The number of hydrogen-bond acceptors (Lipinski definition) is 5. The zero-order valence-corrected chi connectivity index (χ0v) is 12.4. The van der Waals surface area contributed by atoms with Gasteiger partial charge in [-0.05, 0) is 19.1 Å². The summed E-state index contributed by atoms with van der Waals surface area (Å²) in [5.74, 6) is -0.461. The predicted molar refractivity (Wildman–Crippen MR) is 77.1 cm³/mol. The van der Waals surface area contributed by atoms with Crippen LogP contribution in [-0.4, -0.2) is 60.9 Å². The number of para-hydroxylation sites is 2. The highest BCUT2D eigenvalue weighted by Crippen LogP contribution is 2.26. The lowest BCUT2D eigenvalue weighted by molar-refractivity contribution is -0.159. The van der Waals surface area contributed by atoms with Crippen molar-refractivity contribution >= 4 is 11.9 Å². The summed E-state index contributed by atoms with van der Waals surface area (Å²) in [6.07, 6.45) is 0. The molecule has 1 aliphatic rings. The first-order valence-corrected chi connectivity index (χ1v) is 7.08. The van der Waals surface area contributed by atoms with E-state index in [9.17, 15) is 9.59 Å². The Morgan fingerprint density at radius 2 is 2.00 bits per heavy atom. The third-order valence-corrected chi connectivity index (χ3v) is 3.23. The minimum absolute atomic E-state index is 0.00337. The summed E-state index contributed by atoms with van der Waals surface area (Å²) < 4.78 is 16.0. The number of carboxylic acids is 1. The van der Waals surface area contributed by atoms with Gasteiger partial charge in [0, 0.05) is 6.54 Å². The average molecular weight is 309 g/mol. The highest BCUT2D eigenvalue weighted by molar-refractivity contribution is 5.84. The Labute approximate surface area is 128 Å². The van der Waals surface area contributed by atoms with Crippen LogP contribution < -0.4 is 9.47 Å². The summed E-state index contributed by atoms with van der Waals surface area (Å²) in [7, 11) is 0. The number of carboxylic acid groups (broad SMARTS) is 1. The Bertz CT molecular complexity index is 533. The quantitative estimate of drug-likeness (QED) is 0.835. The van der Waals surface area contributed by atoms with Crippen LogP contribution in [0.1, 0.15) is 6.92 Å². The van der Waals surface area contributed by atoms with E-state index in [1.165, 1.54) is 4.90 Å². The van der Waals surface area contributed by atoms with Gasteiger partial charge in [-0.1, -0.05) is 12.1 Å². The average Bonchev–Trinajstić information content (AvgIpc) is 2.54. The minimum Gasteiger partial charge on any atom is -0.490 e. The largest absolute Gasteiger partial charge is 0.490 e. The molecule has 1 aliphatic heterocycles. The van der Waals surface area contributed by atoms with E-state index in [1.54, 1.807) is 18.2 Å². The van der Waals surface area contributed by atoms with Crippen molar-refractivity contribution in [3.63, 3.8) is 0 Å². The highest BCUT2D eigenvalue weighted by Gasteiger charge is 2.32. The maximum Gasteiger partial charge on any atom is 0.328 e. The van der Waals surface area contributed by atoms with Crippen LogP contribution in [0.2, 0.25) is 0 Å². The third-order valence-electron chi connectivity index (χ3n) is 3.23. The number of nitrogens with zero attached hydrogens (tertiary/aromatic N) is 1. The summed E-state index contributed by atoms with van der Waals surface area (Å²) in [6, 6.07) is 6.07. The lowest BCUT2D eigenvalue weighted by Crippen LogP contribution is -2.53. The van der Waals surface area contributed by atoms with Gasteiger partial charge < -0.3 is 24.2 Å². The topological polar surface area (TPSA) is 85.3 Å². The Hall–Kier alpha value is -2.28. The maximum atomic E-state index is 12.2. The third kappa shape index (κ3) is 3.88. The first-order chi connectivity index (χ1) is 10.6. The van der Waals surface area contributed by atoms with Crippen LogP contribution in [0, 0.1) is 0 Å². The van der Waals surface area contributed by atoms with E-state index in [0.29, 0.717) is 24.7 Å². The standard InChI is InChI=1S/C15H19NO6/c1-2-21-12-5-3-4-6-13(12)22-10-14(17)16-7-8-20-9-11(16)15(18)19/h3-6,11H,2,7-10H2,1H3,(H,18,19). The van der Waals surface area contributed by atoms with Crippen LogP contribution >= 0.6 is 0 Å². The van der Waals surface area contributed by atoms with Crippen LogP contribution in [0.4, 0.5) is 0 Å². The summed E-state index contributed by atoms with van der Waals surface area (Å²) in [6.45, 7) is 2.66. The van der Waals surface area contributed by atoms with Gasteiger partial charge in [0.25, 0.3) is 5.91 Å². The zero-order chi connectivity index (χ0) is 15.9. The van der Waals surface area contributed by atoms with Crippen molar-refractivity contribution in [1.82, 2.24) is 4.90 Å². The van der Waals surface area contributed by atoms with Gasteiger partial charge in [-0.15, -0.1) is 0 Å². The molecule has 1 heterocycles. The molecule has 1 amide bonds. The normalized spacial score (nSPS) is 17.9. The van der Waals surface area contributed by atoms with E-state index < -0.39 is 12.0 Å². The van der Waals surface area contributed by atoms with Crippen LogP contribution in [-0.2, 0) is 14.3 Å². The summed E-state index contributed by atoms with van der Waals surface area (Å²) in [4.78, 5) is 24.6. The molecule has 0 spiro atoms. The summed E-state index contributed by atoms with van der Waals surface area (Å²) in [5.41, 5.74) is 0. The second-order valence-corrected chi connectivity index (χ2v) is 4.68. The Morgan fingerprint density at radius 1 is 1.32 bits per heavy atom. The Balaban J connectivity index is 1.98. The molecule has 1 fully saturated rings. The first-order valence-electron chi connectivity index (χ1n) is 7.08. The van der Waals surface area contributed by atoms with Gasteiger partial charge in [0.2, 0.25) is 0 Å². The lowest BCUT2D eigenvalue weighted by atomic mass is 10.2. The Kier molecular flexibility index (Phi) is 5.60. The maximum absolute atomic E-state index is 12.2. The molecule has 0 aromatic heterocycles. The summed E-state index contributed by atoms with van der Waals surface area (Å²) in [5, 5.41) is 9.12. The van der Waals surface area contributed by atoms with Crippen molar-refractivity contribution in [3.8, 4) is 11.5 Å². The van der Waals surface area contributed by atoms with Gasteiger partial charge >= 0.3 is 5.97 Å². The molecule has 1 aromatic carbocycles. The molecule has 0 saturated carbocycles. The fourth-order valence-corrected chi connectivity index (χ4v) is 2.17. The van der Waals surface area contributed by atoms with Crippen molar-refractivity contribution in [2.45, 2.75) is 13.0 Å². The van der Waals surface area contributed by atoms with E-state index in [4.69, 9.17) is 19.3 Å². The van der Waals surface area contributed by atoms with E-state index in [1.807, 2.05) is 13.0 Å². The molecule has 7 heteroatoms. The number of ether oxygens (including phenoxy) is 3. The van der Waals surface area contributed by atoms with E-state index in [0.717, 1.165) is 0 Å². The monoisotopic (exact) mass is 309 g/mol. The van der Waals surface area contributed by atoms with Gasteiger partial charge in [0.1, 0.15) is 0 Å². The van der Waals surface area contributed by atoms with Gasteiger partial charge in [0.15, 0.2) is 24.1 Å². The molecule has 1 atom stereocenters. The number of aliphatic carboxylic acids is 1. The number of amides is 1. The SMILES string of the molecule is CCOc1ccccc1OCC(=O)N1CCOCC1C(=O)O. The number of hydrogen-bond donors (Lipinski definition) is 1. The van der Waals surface area contributed by atoms with E-state index >= 15 is 0 Å². The van der Waals surface area contributed by atoms with Crippen molar-refractivity contribution in [1.29, 1.82) is 0 Å². The molecule has 1 saturated heterocycles. The van der Waals surface area contributed by atoms with Gasteiger partial charge in [-0.3, -0.25) is 4.79 Å². The minimum atomic E-state index is -1.08. The van der Waals surface area contributed by atoms with Gasteiger partial charge in [-0.25, -0.2) is 4.79 Å². The molecular formula is C15H19NO6. The van der Waals surface area contributed by atoms with Crippen LogP contribution in [0.3, 0.4) is 0 Å². The van der Waals surface area contributed by atoms with Crippen LogP contribution in [0.5, 0.6) is 11.5 Å². The molecule has 22 heavy (non-hydrogen) atoms. The second-order valence-electron chi connectivity index (χ2n) is 4.68. The molecule has 0 radical (unpaired) electrons. The zero-order valence-electron chi connectivity index (χ0n) is 12.4. The van der Waals surface area contributed by atoms with Crippen molar-refractivity contribution in [2.24, 2.45) is 0 Å². The molecule has 1 aromatic rings. The highest BCUT2D eigenvalue weighted by atomic mass is 16.5. The van der Waals surface area contributed by atoms with Crippen molar-refractivity contribution in [3.05, 3.63) is 24.3 Å². The van der Waals surface area contributed by atoms with Gasteiger partial charge in [0.05, 0.1) is 19.8 Å². The van der Waals surface area contributed by atoms with Crippen LogP contribution in [0.25, 0.3) is 0 Å². The van der Waals surface area contributed by atoms with E-state index in [2.05, 4.69) is 0 Å². The van der Waals surface area contributed by atoms with Gasteiger partial charge in [-0.2, -0.15) is 0 Å². The smallest absolute Gasteiger partial charge is 0.328 e.